The molecule has 0 atom stereocenters. The lowest BCUT2D eigenvalue weighted by atomic mass is 10.2. The number of hydrogen-bond donors (Lipinski definition) is 1. The molecule has 0 aliphatic rings. The zero-order chi connectivity index (χ0) is 10.2. The zero-order valence-corrected chi connectivity index (χ0v) is 12.6. The van der Waals surface area contributed by atoms with E-state index >= 15 is 0 Å². The maximum atomic E-state index is 3.47. The van der Waals surface area contributed by atoms with E-state index in [1.54, 1.807) is 0 Å². The minimum absolute atomic E-state index is 1.01. The van der Waals surface area contributed by atoms with Crippen LogP contribution in [0.15, 0.2) is 15.9 Å². The molecule has 0 fully saturated rings. The number of thiophene rings is 1. The van der Waals surface area contributed by atoms with Gasteiger partial charge >= 0.3 is 0 Å². The van der Waals surface area contributed by atoms with Crippen LogP contribution in [-0.2, 0) is 6.54 Å². The van der Waals surface area contributed by atoms with Crippen LogP contribution in [0.5, 0.6) is 0 Å². The van der Waals surface area contributed by atoms with Crippen molar-refractivity contribution in [3.63, 3.8) is 0 Å². The van der Waals surface area contributed by atoms with E-state index in [0.717, 1.165) is 13.1 Å². The number of rotatable bonds is 7. The molecule has 1 rings (SSSR count). The van der Waals surface area contributed by atoms with E-state index in [-0.39, 0.29) is 0 Å². The first-order chi connectivity index (χ1) is 6.83. The van der Waals surface area contributed by atoms with Crippen molar-refractivity contribution in [2.24, 2.45) is 0 Å². The Bertz CT molecular complexity index is 252. The third kappa shape index (κ3) is 5.68. The first kappa shape index (κ1) is 12.9. The maximum absolute atomic E-state index is 3.47. The highest BCUT2D eigenvalue weighted by Crippen LogP contribution is 2.21. The Balaban J connectivity index is 1.99. The molecule has 0 aliphatic heterocycles. The quantitative estimate of drug-likeness (QED) is 0.420. The van der Waals surface area contributed by atoms with E-state index in [0.29, 0.717) is 0 Å². The van der Waals surface area contributed by atoms with Crippen molar-refractivity contribution in [1.82, 2.24) is 5.32 Å². The molecule has 0 bridgehead atoms. The predicted octanol–water partition coefficient (Wildman–Crippen LogP) is 4.21. The monoisotopic (exact) mass is 387 g/mol. The van der Waals surface area contributed by atoms with E-state index < -0.39 is 0 Å². The minimum Gasteiger partial charge on any atom is -0.312 e. The Hall–Kier alpha value is 0.870. The fourth-order valence-electron chi connectivity index (χ4n) is 1.18. The number of unbranched alkanes of at least 4 members (excludes halogenated alkanes) is 2. The van der Waals surface area contributed by atoms with Crippen LogP contribution in [-0.4, -0.2) is 11.0 Å². The molecule has 1 N–H and O–H groups in total. The summed E-state index contributed by atoms with van der Waals surface area (Å²) < 4.78 is 2.51. The van der Waals surface area contributed by atoms with Gasteiger partial charge in [-0.1, -0.05) is 29.0 Å². The second-order valence-corrected chi connectivity index (χ2v) is 6.76. The van der Waals surface area contributed by atoms with Gasteiger partial charge in [0, 0.05) is 11.4 Å². The normalized spacial score (nSPS) is 10.7. The Morgan fingerprint density at radius 1 is 1.29 bits per heavy atom. The molecule has 0 saturated heterocycles. The summed E-state index contributed by atoms with van der Waals surface area (Å²) in [7, 11) is 0. The third-order valence-electron chi connectivity index (χ3n) is 1.92. The summed E-state index contributed by atoms with van der Waals surface area (Å²) in [5.41, 5.74) is 0. The van der Waals surface area contributed by atoms with Crippen LogP contribution in [0.25, 0.3) is 0 Å². The van der Waals surface area contributed by atoms with Gasteiger partial charge in [-0.25, -0.2) is 0 Å². The van der Waals surface area contributed by atoms with Gasteiger partial charge in [0.25, 0.3) is 0 Å². The van der Waals surface area contributed by atoms with Crippen LogP contribution < -0.4 is 5.32 Å². The second-order valence-electron chi connectivity index (χ2n) is 3.13. The van der Waals surface area contributed by atoms with E-state index in [1.807, 2.05) is 11.3 Å². The molecule has 1 aromatic rings. The van der Waals surface area contributed by atoms with Crippen molar-refractivity contribution >= 4 is 49.9 Å². The molecule has 14 heavy (non-hydrogen) atoms. The summed E-state index contributed by atoms with van der Waals surface area (Å²) >= 11 is 7.71. The smallest absolute Gasteiger partial charge is 0.0701 e. The molecule has 0 saturated carbocycles. The van der Waals surface area contributed by atoms with Crippen LogP contribution >= 0.6 is 49.9 Å². The lowest BCUT2D eigenvalue weighted by Gasteiger charge is -2.01. The van der Waals surface area contributed by atoms with Crippen molar-refractivity contribution in [3.8, 4) is 0 Å². The van der Waals surface area contributed by atoms with Gasteiger partial charge < -0.3 is 5.32 Å². The molecule has 0 unspecified atom stereocenters. The van der Waals surface area contributed by atoms with Gasteiger partial charge in [-0.05, 0) is 51.9 Å². The molecule has 0 amide bonds. The molecule has 0 spiro atoms. The second kappa shape index (κ2) is 8.07. The summed E-state index contributed by atoms with van der Waals surface area (Å²) in [6.07, 6.45) is 4.01. The molecule has 1 nitrogen and oxygen atoms in total. The van der Waals surface area contributed by atoms with Gasteiger partial charge in [-0.2, -0.15) is 0 Å². The average molecular weight is 388 g/mol. The zero-order valence-electron chi connectivity index (χ0n) is 8.06. The van der Waals surface area contributed by atoms with E-state index in [4.69, 9.17) is 0 Å². The van der Waals surface area contributed by atoms with Crippen LogP contribution in [0.3, 0.4) is 0 Å². The molecule has 1 heterocycles. The van der Waals surface area contributed by atoms with E-state index in [1.165, 1.54) is 32.4 Å². The number of alkyl halides is 1. The van der Waals surface area contributed by atoms with Crippen molar-refractivity contribution in [2.75, 3.05) is 11.0 Å². The first-order valence-corrected chi connectivity index (χ1v) is 7.97. The van der Waals surface area contributed by atoms with Gasteiger partial charge in [-0.3, -0.25) is 0 Å². The van der Waals surface area contributed by atoms with Crippen molar-refractivity contribution < 1.29 is 0 Å². The number of halogens is 2. The topological polar surface area (TPSA) is 12.0 Å². The maximum Gasteiger partial charge on any atom is 0.0701 e. The lowest BCUT2D eigenvalue weighted by Crippen LogP contribution is -2.13. The summed E-state index contributed by atoms with van der Waals surface area (Å²) in [6, 6.07) is 4.28. The minimum atomic E-state index is 1.01. The fraction of sp³-hybridized carbons (Fsp3) is 0.600. The molecular weight excluding hydrogens is 373 g/mol. The third-order valence-corrected chi connectivity index (χ3v) is 4.30. The van der Waals surface area contributed by atoms with Gasteiger partial charge in [0.15, 0.2) is 0 Å². The molecule has 4 heteroatoms. The number of nitrogens with one attached hydrogen (secondary N) is 1. The Morgan fingerprint density at radius 3 is 2.79 bits per heavy atom. The van der Waals surface area contributed by atoms with Gasteiger partial charge in [0.1, 0.15) is 0 Å². The summed E-state index contributed by atoms with van der Waals surface area (Å²) in [5, 5.41) is 3.46. The van der Waals surface area contributed by atoms with E-state index in [9.17, 15) is 0 Å². The summed E-state index contributed by atoms with van der Waals surface area (Å²) in [5.74, 6) is 0. The molecular formula is C10H15BrINS. The molecule has 0 aliphatic carbocycles. The Labute approximate surface area is 112 Å². The highest BCUT2D eigenvalue weighted by molar-refractivity contribution is 14.1. The van der Waals surface area contributed by atoms with Crippen LogP contribution in [0, 0.1) is 0 Å². The Kier molecular flexibility index (Phi) is 7.46. The summed E-state index contributed by atoms with van der Waals surface area (Å²) in [4.78, 5) is 1.41. The van der Waals surface area contributed by atoms with Crippen molar-refractivity contribution in [3.05, 3.63) is 20.8 Å². The highest BCUT2D eigenvalue weighted by Gasteiger charge is 1.96. The van der Waals surface area contributed by atoms with E-state index in [2.05, 4.69) is 56.0 Å². The van der Waals surface area contributed by atoms with Gasteiger partial charge in [0.2, 0.25) is 0 Å². The van der Waals surface area contributed by atoms with Crippen LogP contribution in [0.1, 0.15) is 24.1 Å². The SMILES string of the molecule is Brc1ccc(CNCCCCCI)s1. The Morgan fingerprint density at radius 2 is 2.14 bits per heavy atom. The van der Waals surface area contributed by atoms with Gasteiger partial charge in [-0.15, -0.1) is 11.3 Å². The van der Waals surface area contributed by atoms with Crippen LogP contribution in [0.2, 0.25) is 0 Å². The van der Waals surface area contributed by atoms with Crippen molar-refractivity contribution in [2.45, 2.75) is 25.8 Å². The first-order valence-electron chi connectivity index (χ1n) is 4.84. The fourth-order valence-corrected chi connectivity index (χ4v) is 3.17. The average Bonchev–Trinajstić information content (AvgIpc) is 2.58. The standard InChI is InChI=1S/C10H15BrINS/c11-10-5-4-9(14-10)8-13-7-3-1-2-6-12/h4-5,13H,1-3,6-8H2. The number of hydrogen-bond acceptors (Lipinski definition) is 2. The molecule has 1 aromatic heterocycles. The molecule has 80 valence electrons. The highest BCUT2D eigenvalue weighted by atomic mass is 127. The lowest BCUT2D eigenvalue weighted by molar-refractivity contribution is 0.623. The van der Waals surface area contributed by atoms with Crippen molar-refractivity contribution in [1.29, 1.82) is 0 Å². The molecule has 0 radical (unpaired) electrons. The largest absolute Gasteiger partial charge is 0.312 e. The van der Waals surface area contributed by atoms with Gasteiger partial charge in [0.05, 0.1) is 3.79 Å². The predicted molar refractivity (Wildman–Crippen MR) is 76.5 cm³/mol. The summed E-state index contributed by atoms with van der Waals surface area (Å²) in [6.45, 7) is 2.16. The van der Waals surface area contributed by atoms with Crippen LogP contribution in [0.4, 0.5) is 0 Å². The molecule has 0 aromatic carbocycles.